The van der Waals surface area contributed by atoms with Crippen molar-refractivity contribution in [2.45, 2.75) is 96.2 Å². The first-order valence-corrected chi connectivity index (χ1v) is 15.9. The van der Waals surface area contributed by atoms with Gasteiger partial charge in [-0.3, -0.25) is 9.59 Å². The first-order valence-electron chi connectivity index (χ1n) is 15.9. The number of esters is 1. The second-order valence-electron chi connectivity index (χ2n) is 13.7. The maximum atomic E-state index is 14.5. The predicted octanol–water partition coefficient (Wildman–Crippen LogP) is 3.90. The fourth-order valence-electron chi connectivity index (χ4n) is 8.10. The maximum Gasteiger partial charge on any atom is 0.410 e. The van der Waals surface area contributed by atoms with Crippen molar-refractivity contribution >= 4 is 18.0 Å². The van der Waals surface area contributed by atoms with E-state index in [1.807, 2.05) is 24.3 Å². The van der Waals surface area contributed by atoms with Crippen LogP contribution in [0.15, 0.2) is 24.3 Å². The molecule has 1 N–H and O–H groups in total. The fraction of sp³-hybridized carbons (Fsp3) is 0.727. The average Bonchev–Trinajstić information content (AvgIpc) is 3.15. The first-order chi connectivity index (χ1) is 21.0. The smallest absolute Gasteiger partial charge is 0.410 e. The highest BCUT2D eigenvalue weighted by Gasteiger charge is 2.74. The van der Waals surface area contributed by atoms with Crippen LogP contribution in [0.4, 0.5) is 4.79 Å². The average molecular weight is 617 g/mol. The van der Waals surface area contributed by atoms with Crippen molar-refractivity contribution in [2.75, 3.05) is 40.1 Å². The molecule has 5 rings (SSSR count). The zero-order chi connectivity index (χ0) is 31.7. The lowest BCUT2D eigenvalue weighted by atomic mass is 9.52. The number of amides is 2. The zero-order valence-electron chi connectivity index (χ0n) is 26.7. The van der Waals surface area contributed by atoms with Crippen molar-refractivity contribution in [3.8, 4) is 5.75 Å². The molecule has 1 saturated carbocycles. The van der Waals surface area contributed by atoms with Gasteiger partial charge < -0.3 is 38.6 Å². The van der Waals surface area contributed by atoms with Crippen LogP contribution in [0, 0.1) is 17.3 Å². The highest BCUT2D eigenvalue weighted by atomic mass is 16.7. The van der Waals surface area contributed by atoms with Gasteiger partial charge in [-0.15, -0.1) is 0 Å². The van der Waals surface area contributed by atoms with Gasteiger partial charge in [-0.05, 0) is 83.4 Å². The van der Waals surface area contributed by atoms with Crippen LogP contribution < -0.4 is 4.74 Å². The van der Waals surface area contributed by atoms with E-state index in [1.54, 1.807) is 44.6 Å². The molecular weight excluding hydrogens is 568 g/mol. The largest absolute Gasteiger partial charge is 0.497 e. The van der Waals surface area contributed by atoms with E-state index in [0.717, 1.165) is 24.8 Å². The molecule has 3 aliphatic heterocycles. The molecule has 44 heavy (non-hydrogen) atoms. The molecule has 244 valence electrons. The van der Waals surface area contributed by atoms with Crippen LogP contribution >= 0.6 is 0 Å². The third-order valence-electron chi connectivity index (χ3n) is 9.76. The Morgan fingerprint density at radius 3 is 2.50 bits per heavy atom. The molecule has 11 heteroatoms. The zero-order valence-corrected chi connectivity index (χ0v) is 26.7. The summed E-state index contributed by atoms with van der Waals surface area (Å²) >= 11 is 0. The number of hydrogen-bond acceptors (Lipinski definition) is 9. The van der Waals surface area contributed by atoms with Gasteiger partial charge in [0.05, 0.1) is 44.9 Å². The van der Waals surface area contributed by atoms with Crippen molar-refractivity contribution in [3.63, 3.8) is 0 Å². The van der Waals surface area contributed by atoms with Gasteiger partial charge in [-0.1, -0.05) is 12.1 Å². The molecular formula is C33H48N2O9. The van der Waals surface area contributed by atoms with Gasteiger partial charge in [0.2, 0.25) is 5.91 Å². The van der Waals surface area contributed by atoms with Crippen LogP contribution in [0.25, 0.3) is 0 Å². The lowest BCUT2D eigenvalue weighted by Gasteiger charge is -2.62. The van der Waals surface area contributed by atoms with E-state index in [9.17, 15) is 19.5 Å². The molecule has 4 bridgehead atoms. The monoisotopic (exact) mass is 616 g/mol. The molecule has 3 saturated heterocycles. The highest BCUT2D eigenvalue weighted by molar-refractivity contribution is 5.87. The summed E-state index contributed by atoms with van der Waals surface area (Å²) in [4.78, 5) is 45.4. The van der Waals surface area contributed by atoms with E-state index in [-0.39, 0.29) is 44.6 Å². The van der Waals surface area contributed by atoms with Crippen LogP contribution in [0.3, 0.4) is 0 Å². The van der Waals surface area contributed by atoms with Gasteiger partial charge in [0.15, 0.2) is 6.29 Å². The van der Waals surface area contributed by atoms with Crippen LogP contribution in [0.5, 0.6) is 5.75 Å². The number of ether oxygens (including phenoxy) is 5. The van der Waals surface area contributed by atoms with Gasteiger partial charge in [0.25, 0.3) is 0 Å². The fourth-order valence-corrected chi connectivity index (χ4v) is 8.10. The van der Waals surface area contributed by atoms with E-state index < -0.39 is 46.9 Å². The summed E-state index contributed by atoms with van der Waals surface area (Å²) < 4.78 is 29.0. The van der Waals surface area contributed by atoms with Gasteiger partial charge in [0.1, 0.15) is 11.4 Å². The number of carbonyl (C=O) groups excluding carboxylic acids is 3. The summed E-state index contributed by atoms with van der Waals surface area (Å²) in [7, 11) is 1.60. The number of carbonyl (C=O) groups is 3. The minimum atomic E-state index is -1.15. The molecule has 0 aromatic heterocycles. The summed E-state index contributed by atoms with van der Waals surface area (Å²) in [5.41, 5.74) is -2.13. The van der Waals surface area contributed by atoms with Gasteiger partial charge in [-0.2, -0.15) is 0 Å². The first kappa shape index (κ1) is 32.5. The minimum absolute atomic E-state index is 0.0651. The third kappa shape index (κ3) is 6.02. The Bertz CT molecular complexity index is 1190. The third-order valence-corrected chi connectivity index (χ3v) is 9.76. The number of piperidine rings is 1. The van der Waals surface area contributed by atoms with E-state index in [2.05, 4.69) is 0 Å². The number of rotatable bonds is 10. The Kier molecular flexibility index (Phi) is 9.49. The maximum absolute atomic E-state index is 14.5. The topological polar surface area (TPSA) is 124 Å². The molecule has 1 aromatic rings. The Labute approximate surface area is 260 Å². The summed E-state index contributed by atoms with van der Waals surface area (Å²) in [6, 6.07) is 6.70. The van der Waals surface area contributed by atoms with E-state index >= 15 is 0 Å². The van der Waals surface area contributed by atoms with Crippen LogP contribution in [0.2, 0.25) is 0 Å². The van der Waals surface area contributed by atoms with E-state index in [0.29, 0.717) is 31.7 Å². The quantitative estimate of drug-likeness (QED) is 0.390. The Hall–Kier alpha value is -2.89. The normalized spacial score (nSPS) is 31.5. The van der Waals surface area contributed by atoms with Crippen molar-refractivity contribution in [1.82, 2.24) is 9.80 Å². The standard InChI is InChI=1S/C33H48N2O9/c1-6-41-26(37)18-33-25-14-15-34(30(39)44-31(2,3)4)29(33)32(20-36,21-43-27-9-7-8-16-42-27)17-24(25)28(38)35(33)19-22-10-12-23(40-5)13-11-22/h10-13,24-25,27,29,36H,6-9,14-21H2,1-5H3/t24-,25-,27?,29+,32-,33+/m1/s1. The molecule has 6 atom stereocenters. The van der Waals surface area contributed by atoms with Gasteiger partial charge >= 0.3 is 12.1 Å². The molecule has 1 unspecified atom stereocenters. The molecule has 11 nitrogen and oxygen atoms in total. The number of nitrogens with zero attached hydrogens (tertiary/aromatic N) is 2. The lowest BCUT2D eigenvalue weighted by Crippen LogP contribution is -2.76. The molecule has 4 fully saturated rings. The molecule has 0 spiro atoms. The summed E-state index contributed by atoms with van der Waals surface area (Å²) in [6.07, 6.45) is 2.38. The van der Waals surface area contributed by atoms with Gasteiger partial charge in [-0.25, -0.2) is 4.79 Å². The summed E-state index contributed by atoms with van der Waals surface area (Å²) in [5.74, 6) is -0.534. The number of hydrogen-bond donors (Lipinski definition) is 1. The highest BCUT2D eigenvalue weighted by Crippen LogP contribution is 2.62. The van der Waals surface area contributed by atoms with Crippen LogP contribution in [-0.2, 0) is 35.1 Å². The predicted molar refractivity (Wildman–Crippen MR) is 160 cm³/mol. The number of benzene rings is 1. The van der Waals surface area contributed by atoms with Crippen molar-refractivity contribution in [3.05, 3.63) is 29.8 Å². The van der Waals surface area contributed by atoms with Gasteiger partial charge in [0, 0.05) is 31.0 Å². The van der Waals surface area contributed by atoms with Crippen molar-refractivity contribution < 1.29 is 43.2 Å². The van der Waals surface area contributed by atoms with Crippen molar-refractivity contribution in [1.29, 1.82) is 0 Å². The van der Waals surface area contributed by atoms with Crippen molar-refractivity contribution in [2.24, 2.45) is 17.3 Å². The Morgan fingerprint density at radius 2 is 1.89 bits per heavy atom. The molecule has 1 aliphatic carbocycles. The molecule has 2 amide bonds. The summed E-state index contributed by atoms with van der Waals surface area (Å²) in [6.45, 7) is 8.22. The summed E-state index contributed by atoms with van der Waals surface area (Å²) in [5, 5.41) is 11.3. The molecule has 3 heterocycles. The SMILES string of the molecule is CCOC(=O)C[C@]12[C@@H]3CCN(C(=O)OC(C)(C)C)[C@H]1[C@](CO)(COC1CCCCO1)C[C@H]3C(=O)N2Cc1ccc(OC)cc1. The molecule has 1 aromatic carbocycles. The number of methoxy groups -OCH3 is 1. The van der Waals surface area contributed by atoms with E-state index in [1.165, 1.54) is 0 Å². The Morgan fingerprint density at radius 1 is 1.14 bits per heavy atom. The van der Waals surface area contributed by atoms with E-state index in [4.69, 9.17) is 23.7 Å². The molecule has 0 radical (unpaired) electrons. The lowest BCUT2D eigenvalue weighted by molar-refractivity contribution is -0.217. The van der Waals surface area contributed by atoms with Crippen LogP contribution in [-0.4, -0.2) is 96.4 Å². The Balaban J connectivity index is 1.63. The number of aliphatic hydroxyl groups is 1. The number of aliphatic hydroxyl groups excluding tert-OH is 1. The minimum Gasteiger partial charge on any atom is -0.497 e. The second-order valence-corrected chi connectivity index (χ2v) is 13.7. The number of likely N-dealkylation sites (tertiary alicyclic amines) is 2. The van der Waals surface area contributed by atoms with Crippen LogP contribution in [0.1, 0.15) is 71.8 Å². The second kappa shape index (κ2) is 12.8. The molecule has 4 aliphatic rings.